The quantitative estimate of drug-likeness (QED) is 0.623. The highest BCUT2D eigenvalue weighted by Crippen LogP contribution is 2.58. The number of aliphatic hydroxyl groups is 1. The predicted octanol–water partition coefficient (Wildman–Crippen LogP) is 1.81. The van der Waals surface area contributed by atoms with Gasteiger partial charge in [-0.3, -0.25) is 14.4 Å². The number of carbonyl (C=O) groups excluding carboxylic acids is 2. The van der Waals surface area contributed by atoms with Crippen LogP contribution in [0.15, 0.2) is 55.1 Å². The number of hydrogen-bond donors (Lipinski definition) is 2. The van der Waals surface area contributed by atoms with E-state index >= 15 is 0 Å². The summed E-state index contributed by atoms with van der Waals surface area (Å²) in [6.07, 6.45) is 1.93. The van der Waals surface area contributed by atoms with Crippen LogP contribution in [0.5, 0.6) is 0 Å². The summed E-state index contributed by atoms with van der Waals surface area (Å²) in [4.78, 5) is 42.3. The maximum Gasteiger partial charge on any atom is 0.310 e. The van der Waals surface area contributed by atoms with Gasteiger partial charge in [-0.25, -0.2) is 0 Å². The molecule has 8 nitrogen and oxygen atoms in total. The molecule has 0 aliphatic carbocycles. The number of likely N-dealkylation sites (tertiary alicyclic amines) is 1. The number of rotatable bonds is 7. The summed E-state index contributed by atoms with van der Waals surface area (Å²) < 4.78 is 6.17. The van der Waals surface area contributed by atoms with Crippen LogP contribution in [0, 0.1) is 11.8 Å². The van der Waals surface area contributed by atoms with E-state index in [0.717, 1.165) is 10.8 Å². The minimum absolute atomic E-state index is 0.0620. The SMILES string of the molecule is C=CCN(C(=O)[C@@H]1N(CCO)C(=O)[C@H]2[C@H](C(=O)O)[C@@H]3CC[C@]12O3)c1ccc2ccccc2c1. The third-order valence-corrected chi connectivity index (χ3v) is 7.28. The fraction of sp³-hybridized carbons (Fsp3) is 0.400. The number of aliphatic hydroxyl groups excluding tert-OH is 1. The Bertz CT molecular complexity index is 1150. The fourth-order valence-electron chi connectivity index (χ4n) is 6.01. The molecule has 2 aromatic carbocycles. The topological polar surface area (TPSA) is 107 Å². The number of aliphatic carboxylic acids is 1. The second kappa shape index (κ2) is 7.97. The van der Waals surface area contributed by atoms with Crippen LogP contribution in [-0.4, -0.2) is 70.3 Å². The molecule has 3 heterocycles. The van der Waals surface area contributed by atoms with Gasteiger partial charge in [-0.05, 0) is 35.7 Å². The van der Waals surface area contributed by atoms with E-state index in [1.54, 1.807) is 11.0 Å². The molecule has 2 amide bonds. The Morgan fingerprint density at radius 3 is 2.70 bits per heavy atom. The van der Waals surface area contributed by atoms with Crippen molar-refractivity contribution in [2.75, 3.05) is 24.6 Å². The molecule has 0 saturated carbocycles. The summed E-state index contributed by atoms with van der Waals surface area (Å²) in [5.41, 5.74) is -0.551. The summed E-state index contributed by atoms with van der Waals surface area (Å²) in [6, 6.07) is 12.5. The molecule has 5 atom stereocenters. The average molecular weight is 450 g/mol. The van der Waals surface area contributed by atoms with Gasteiger partial charge in [0.25, 0.3) is 5.91 Å². The molecule has 1 spiro atoms. The third kappa shape index (κ3) is 3.08. The van der Waals surface area contributed by atoms with Crippen molar-refractivity contribution in [3.63, 3.8) is 0 Å². The summed E-state index contributed by atoms with van der Waals surface area (Å²) >= 11 is 0. The number of carboxylic acids is 1. The standard InChI is InChI=1S/C25H26N2O6/c1-2-11-26(17-8-7-15-5-3-4-6-16(15)14-17)23(30)21-25-10-9-18(33-25)19(24(31)32)20(25)22(29)27(21)12-13-28/h2-8,14,18-21,28H,1,9-13H2,(H,31,32)/t18-,19+,20+,21-,25+/m0/s1. The molecule has 5 rings (SSSR count). The van der Waals surface area contributed by atoms with E-state index in [1.807, 2.05) is 42.5 Å². The fourth-order valence-corrected chi connectivity index (χ4v) is 6.01. The first-order valence-corrected chi connectivity index (χ1v) is 11.2. The molecule has 3 aliphatic rings. The number of fused-ring (bicyclic) bond motifs is 2. The highest BCUT2D eigenvalue weighted by molar-refractivity contribution is 6.05. The molecule has 2 N–H and O–H groups in total. The lowest BCUT2D eigenvalue weighted by atomic mass is 9.70. The van der Waals surface area contributed by atoms with Gasteiger partial charge in [-0.15, -0.1) is 6.58 Å². The van der Waals surface area contributed by atoms with Crippen molar-refractivity contribution < 1.29 is 29.3 Å². The molecule has 0 unspecified atom stereocenters. The summed E-state index contributed by atoms with van der Waals surface area (Å²) in [5.74, 6) is -3.81. The van der Waals surface area contributed by atoms with Crippen molar-refractivity contribution >= 4 is 34.2 Å². The van der Waals surface area contributed by atoms with E-state index < -0.39 is 41.5 Å². The zero-order valence-electron chi connectivity index (χ0n) is 18.1. The third-order valence-electron chi connectivity index (χ3n) is 7.28. The minimum Gasteiger partial charge on any atom is -0.481 e. The number of ether oxygens (including phenoxy) is 1. The Morgan fingerprint density at radius 1 is 1.24 bits per heavy atom. The maximum atomic E-state index is 14.1. The summed E-state index contributed by atoms with van der Waals surface area (Å²) in [6.45, 7) is 3.60. The van der Waals surface area contributed by atoms with Crippen molar-refractivity contribution in [1.82, 2.24) is 4.90 Å². The first kappa shape index (κ1) is 21.6. The largest absolute Gasteiger partial charge is 0.481 e. The molecule has 3 saturated heterocycles. The lowest BCUT2D eigenvalue weighted by Gasteiger charge is -2.36. The number of β-amino-alcohol motifs (C(OH)–C–C–N with tert-alkyl or cyclic N) is 1. The zero-order chi connectivity index (χ0) is 23.3. The Kier molecular flexibility index (Phi) is 5.22. The highest BCUT2D eigenvalue weighted by Gasteiger charge is 2.74. The first-order valence-electron chi connectivity index (χ1n) is 11.2. The average Bonchev–Trinajstić information content (AvgIpc) is 3.45. The predicted molar refractivity (Wildman–Crippen MR) is 121 cm³/mol. The van der Waals surface area contributed by atoms with Gasteiger partial charge in [0, 0.05) is 18.8 Å². The Labute approximate surface area is 191 Å². The monoisotopic (exact) mass is 450 g/mol. The van der Waals surface area contributed by atoms with Gasteiger partial charge < -0.3 is 24.7 Å². The lowest BCUT2D eigenvalue weighted by molar-refractivity contribution is -0.149. The number of benzene rings is 2. The lowest BCUT2D eigenvalue weighted by Crippen LogP contribution is -2.56. The molecule has 2 aromatic rings. The molecular formula is C25H26N2O6. The molecule has 33 heavy (non-hydrogen) atoms. The van der Waals surface area contributed by atoms with Gasteiger partial charge in [0.1, 0.15) is 11.6 Å². The summed E-state index contributed by atoms with van der Waals surface area (Å²) in [7, 11) is 0. The van der Waals surface area contributed by atoms with E-state index in [0.29, 0.717) is 18.5 Å². The molecule has 8 heteroatoms. The van der Waals surface area contributed by atoms with E-state index in [-0.39, 0.29) is 25.6 Å². The van der Waals surface area contributed by atoms with Crippen molar-refractivity contribution in [3.8, 4) is 0 Å². The minimum atomic E-state index is -1.20. The number of carboxylic acid groups (broad SMARTS) is 1. The van der Waals surface area contributed by atoms with Crippen molar-refractivity contribution in [1.29, 1.82) is 0 Å². The van der Waals surface area contributed by atoms with Crippen molar-refractivity contribution in [2.24, 2.45) is 11.8 Å². The van der Waals surface area contributed by atoms with Crippen LogP contribution >= 0.6 is 0 Å². The van der Waals surface area contributed by atoms with Gasteiger partial charge in [0.15, 0.2) is 0 Å². The smallest absolute Gasteiger partial charge is 0.310 e. The van der Waals surface area contributed by atoms with Crippen LogP contribution in [0.4, 0.5) is 5.69 Å². The van der Waals surface area contributed by atoms with Crippen LogP contribution in [-0.2, 0) is 19.1 Å². The molecule has 2 bridgehead atoms. The van der Waals surface area contributed by atoms with Crippen LogP contribution in [0.2, 0.25) is 0 Å². The van der Waals surface area contributed by atoms with Gasteiger partial charge in [0.05, 0.1) is 24.5 Å². The number of hydrogen-bond acceptors (Lipinski definition) is 5. The van der Waals surface area contributed by atoms with Crippen molar-refractivity contribution in [2.45, 2.75) is 30.6 Å². The van der Waals surface area contributed by atoms with Crippen LogP contribution < -0.4 is 4.90 Å². The highest BCUT2D eigenvalue weighted by atomic mass is 16.5. The number of amides is 2. The maximum absolute atomic E-state index is 14.1. The zero-order valence-corrected chi connectivity index (χ0v) is 18.1. The molecule has 3 aliphatic heterocycles. The van der Waals surface area contributed by atoms with Gasteiger partial charge in [0.2, 0.25) is 5.91 Å². The van der Waals surface area contributed by atoms with E-state index in [1.165, 1.54) is 4.90 Å². The first-order chi connectivity index (χ1) is 15.9. The van der Waals surface area contributed by atoms with E-state index in [2.05, 4.69) is 6.58 Å². The molecule has 0 radical (unpaired) electrons. The van der Waals surface area contributed by atoms with Gasteiger partial charge >= 0.3 is 5.97 Å². The van der Waals surface area contributed by atoms with Crippen LogP contribution in [0.1, 0.15) is 12.8 Å². The van der Waals surface area contributed by atoms with E-state index in [4.69, 9.17) is 4.74 Å². The van der Waals surface area contributed by atoms with Gasteiger partial charge in [-0.1, -0.05) is 36.4 Å². The number of carbonyl (C=O) groups is 3. The van der Waals surface area contributed by atoms with Crippen LogP contribution in [0.3, 0.4) is 0 Å². The Morgan fingerprint density at radius 2 is 2.00 bits per heavy atom. The normalized spacial score (nSPS) is 30.0. The Hall–Kier alpha value is -3.23. The number of nitrogens with zero attached hydrogens (tertiary/aromatic N) is 2. The summed E-state index contributed by atoms with van der Waals surface area (Å²) in [5, 5.41) is 21.4. The number of anilines is 1. The molecule has 172 valence electrons. The second-order valence-corrected chi connectivity index (χ2v) is 8.92. The van der Waals surface area contributed by atoms with Gasteiger partial charge in [-0.2, -0.15) is 0 Å². The van der Waals surface area contributed by atoms with Crippen LogP contribution in [0.25, 0.3) is 10.8 Å². The second-order valence-electron chi connectivity index (χ2n) is 8.92. The van der Waals surface area contributed by atoms with Crippen molar-refractivity contribution in [3.05, 3.63) is 55.1 Å². The molecule has 0 aromatic heterocycles. The molecule has 3 fully saturated rings. The van der Waals surface area contributed by atoms with E-state index in [9.17, 15) is 24.6 Å². The molecular weight excluding hydrogens is 424 g/mol. The Balaban J connectivity index is 1.58.